The molecule has 0 saturated carbocycles. The van der Waals surface area contributed by atoms with Gasteiger partial charge in [-0.2, -0.15) is 0 Å². The Labute approximate surface area is 156 Å². The van der Waals surface area contributed by atoms with Crippen molar-refractivity contribution < 1.29 is 14.4 Å². The van der Waals surface area contributed by atoms with Crippen molar-refractivity contribution in [1.29, 1.82) is 0 Å². The zero-order valence-corrected chi connectivity index (χ0v) is 15.3. The van der Waals surface area contributed by atoms with Gasteiger partial charge in [-0.1, -0.05) is 6.07 Å². The van der Waals surface area contributed by atoms with Crippen LogP contribution in [0, 0.1) is 0 Å². The van der Waals surface area contributed by atoms with E-state index in [-0.39, 0.29) is 17.6 Å². The molecule has 1 N–H and O–H groups in total. The summed E-state index contributed by atoms with van der Waals surface area (Å²) in [5.74, 6) is -0.718. The van der Waals surface area contributed by atoms with Crippen LogP contribution >= 0.6 is 0 Å². The molecule has 0 bridgehead atoms. The number of benzene rings is 2. The van der Waals surface area contributed by atoms with Crippen molar-refractivity contribution >= 4 is 45.8 Å². The SMILES string of the molecule is CC(=O)c1cc(N(C)C)ccc1Nc1cc(C(=O)C=O)c2ncccc2c1. The second kappa shape index (κ2) is 7.37. The Bertz CT molecular complexity index is 1060. The molecular formula is C21H19N3O3. The molecule has 0 aliphatic rings. The number of carbonyl (C=O) groups is 3. The average Bonchev–Trinajstić information content (AvgIpc) is 2.66. The van der Waals surface area contributed by atoms with E-state index >= 15 is 0 Å². The molecule has 3 rings (SSSR count). The van der Waals surface area contributed by atoms with E-state index < -0.39 is 5.78 Å². The van der Waals surface area contributed by atoms with Gasteiger partial charge in [-0.3, -0.25) is 19.4 Å². The number of Topliss-reactive ketones (excluding diaryl/α,β-unsaturated/α-hetero) is 2. The lowest BCUT2D eigenvalue weighted by Gasteiger charge is -2.17. The number of rotatable bonds is 6. The fourth-order valence-corrected chi connectivity index (χ4v) is 2.88. The Morgan fingerprint density at radius 2 is 1.85 bits per heavy atom. The molecule has 0 radical (unpaired) electrons. The minimum atomic E-state index is -0.642. The second-order valence-corrected chi connectivity index (χ2v) is 6.39. The molecule has 6 heteroatoms. The van der Waals surface area contributed by atoms with Gasteiger partial charge in [0.1, 0.15) is 0 Å². The number of anilines is 3. The molecule has 27 heavy (non-hydrogen) atoms. The quantitative estimate of drug-likeness (QED) is 0.410. The first-order valence-electron chi connectivity index (χ1n) is 8.38. The summed E-state index contributed by atoms with van der Waals surface area (Å²) in [4.78, 5) is 41.3. The third-order valence-electron chi connectivity index (χ3n) is 4.26. The van der Waals surface area contributed by atoms with Crippen LogP contribution in [0.5, 0.6) is 0 Å². The monoisotopic (exact) mass is 361 g/mol. The summed E-state index contributed by atoms with van der Waals surface area (Å²) in [5, 5.41) is 3.92. The predicted molar refractivity (Wildman–Crippen MR) is 106 cm³/mol. The van der Waals surface area contributed by atoms with Crippen LogP contribution in [0.25, 0.3) is 10.9 Å². The average molecular weight is 361 g/mol. The minimum Gasteiger partial charge on any atom is -0.378 e. The normalized spacial score (nSPS) is 10.5. The largest absolute Gasteiger partial charge is 0.378 e. The van der Waals surface area contributed by atoms with Crippen LogP contribution in [0.15, 0.2) is 48.7 Å². The fourth-order valence-electron chi connectivity index (χ4n) is 2.88. The van der Waals surface area contributed by atoms with E-state index in [0.29, 0.717) is 22.5 Å². The van der Waals surface area contributed by atoms with Gasteiger partial charge in [0.25, 0.3) is 0 Å². The zero-order valence-electron chi connectivity index (χ0n) is 15.3. The number of pyridine rings is 1. The van der Waals surface area contributed by atoms with Crippen LogP contribution in [0.3, 0.4) is 0 Å². The first-order chi connectivity index (χ1) is 12.9. The van der Waals surface area contributed by atoms with E-state index in [9.17, 15) is 14.4 Å². The van der Waals surface area contributed by atoms with E-state index in [2.05, 4.69) is 10.3 Å². The highest BCUT2D eigenvalue weighted by atomic mass is 16.2. The van der Waals surface area contributed by atoms with Crippen LogP contribution in [0.2, 0.25) is 0 Å². The summed E-state index contributed by atoms with van der Waals surface area (Å²) in [6.45, 7) is 1.51. The fraction of sp³-hybridized carbons (Fsp3) is 0.143. The number of carbonyl (C=O) groups excluding carboxylic acids is 3. The summed E-state index contributed by atoms with van der Waals surface area (Å²) < 4.78 is 0. The zero-order chi connectivity index (χ0) is 19.6. The minimum absolute atomic E-state index is 0.0761. The van der Waals surface area contributed by atoms with Crippen LogP contribution < -0.4 is 10.2 Å². The summed E-state index contributed by atoms with van der Waals surface area (Å²) in [5.41, 5.74) is 3.36. The number of fused-ring (bicyclic) bond motifs is 1. The van der Waals surface area contributed by atoms with Gasteiger partial charge >= 0.3 is 0 Å². The highest BCUT2D eigenvalue weighted by Gasteiger charge is 2.14. The van der Waals surface area contributed by atoms with Gasteiger partial charge in [0.2, 0.25) is 5.78 Å². The Morgan fingerprint density at radius 1 is 1.07 bits per heavy atom. The third-order valence-corrected chi connectivity index (χ3v) is 4.26. The van der Waals surface area contributed by atoms with Gasteiger partial charge in [0.05, 0.1) is 11.1 Å². The maximum Gasteiger partial charge on any atom is 0.227 e. The van der Waals surface area contributed by atoms with Gasteiger partial charge < -0.3 is 10.2 Å². The van der Waals surface area contributed by atoms with Crippen LogP contribution in [-0.2, 0) is 4.79 Å². The molecule has 136 valence electrons. The third kappa shape index (κ3) is 3.69. The van der Waals surface area contributed by atoms with Gasteiger partial charge in [0, 0.05) is 48.3 Å². The maximum atomic E-state index is 12.1. The lowest BCUT2D eigenvalue weighted by molar-refractivity contribution is -0.104. The summed E-state index contributed by atoms with van der Waals surface area (Å²) in [6, 6.07) is 12.5. The highest BCUT2D eigenvalue weighted by molar-refractivity contribution is 6.36. The topological polar surface area (TPSA) is 79.4 Å². The number of aromatic nitrogens is 1. The number of hydrogen-bond acceptors (Lipinski definition) is 6. The van der Waals surface area contributed by atoms with Crippen LogP contribution in [0.4, 0.5) is 17.1 Å². The van der Waals surface area contributed by atoms with Crippen LogP contribution in [0.1, 0.15) is 27.6 Å². The van der Waals surface area contributed by atoms with E-state index in [1.54, 1.807) is 18.3 Å². The summed E-state index contributed by atoms with van der Waals surface area (Å²) >= 11 is 0. The van der Waals surface area contributed by atoms with E-state index in [4.69, 9.17) is 0 Å². The van der Waals surface area contributed by atoms with E-state index in [1.807, 2.05) is 49.3 Å². The van der Waals surface area contributed by atoms with Crippen LogP contribution in [-0.4, -0.2) is 36.9 Å². The van der Waals surface area contributed by atoms with Gasteiger partial charge in [-0.05, 0) is 43.3 Å². The molecule has 0 unspecified atom stereocenters. The lowest BCUT2D eigenvalue weighted by atomic mass is 10.0. The molecule has 0 saturated heterocycles. The van der Waals surface area contributed by atoms with Crippen molar-refractivity contribution in [2.24, 2.45) is 0 Å². The molecule has 0 spiro atoms. The van der Waals surface area contributed by atoms with Gasteiger partial charge in [-0.15, -0.1) is 0 Å². The molecule has 2 aromatic carbocycles. The summed E-state index contributed by atoms with van der Waals surface area (Å²) in [7, 11) is 3.81. The molecule has 3 aromatic rings. The van der Waals surface area contributed by atoms with Crippen molar-refractivity contribution in [1.82, 2.24) is 4.98 Å². The Balaban J connectivity index is 2.11. The molecule has 0 atom stereocenters. The molecular weight excluding hydrogens is 342 g/mol. The van der Waals surface area contributed by atoms with Gasteiger partial charge in [-0.25, -0.2) is 0 Å². The standard InChI is InChI=1S/C21H19N3O3/c1-13(26)17-11-16(24(2)3)6-7-19(17)23-15-9-14-5-4-8-22-21(14)18(10-15)20(27)12-25/h4-12,23H,1-3H3. The Hall–Kier alpha value is -3.54. The molecule has 0 fully saturated rings. The van der Waals surface area contributed by atoms with Crippen molar-refractivity contribution in [3.05, 3.63) is 59.8 Å². The van der Waals surface area contributed by atoms with Crippen molar-refractivity contribution in [3.8, 4) is 0 Å². The molecule has 6 nitrogen and oxygen atoms in total. The van der Waals surface area contributed by atoms with E-state index in [1.165, 1.54) is 6.92 Å². The molecule has 0 aliphatic carbocycles. The van der Waals surface area contributed by atoms with Crippen molar-refractivity contribution in [2.45, 2.75) is 6.92 Å². The maximum absolute atomic E-state index is 12.1. The molecule has 0 aliphatic heterocycles. The molecule has 0 amide bonds. The smallest absolute Gasteiger partial charge is 0.227 e. The first kappa shape index (κ1) is 18.3. The lowest BCUT2D eigenvalue weighted by Crippen LogP contribution is -2.10. The number of aldehydes is 1. The van der Waals surface area contributed by atoms with E-state index in [0.717, 1.165) is 11.1 Å². The highest BCUT2D eigenvalue weighted by Crippen LogP contribution is 2.29. The van der Waals surface area contributed by atoms with Crippen molar-refractivity contribution in [2.75, 3.05) is 24.3 Å². The second-order valence-electron chi connectivity index (χ2n) is 6.39. The van der Waals surface area contributed by atoms with Crippen molar-refractivity contribution in [3.63, 3.8) is 0 Å². The summed E-state index contributed by atoms with van der Waals surface area (Å²) in [6.07, 6.45) is 1.85. The van der Waals surface area contributed by atoms with Gasteiger partial charge in [0.15, 0.2) is 12.1 Å². The predicted octanol–water partition coefficient (Wildman–Crippen LogP) is 3.63. The Morgan fingerprint density at radius 3 is 2.52 bits per heavy atom. The number of ketones is 2. The molecule has 1 aromatic heterocycles. The number of hydrogen-bond donors (Lipinski definition) is 1. The number of nitrogens with zero attached hydrogens (tertiary/aromatic N) is 2. The Kier molecular flexibility index (Phi) is 4.98. The first-order valence-corrected chi connectivity index (χ1v) is 8.38. The molecule has 1 heterocycles. The number of nitrogens with one attached hydrogen (secondary N) is 1.